The predicted octanol–water partition coefficient (Wildman–Crippen LogP) is 4.05. The third-order valence-electron chi connectivity index (χ3n) is 3.38. The number of benzene rings is 2. The fraction of sp³-hybridized carbons (Fsp3) is 0.300. The molecule has 2 aromatic carbocycles. The summed E-state index contributed by atoms with van der Waals surface area (Å²) in [6.45, 7) is 4.30. The number of esters is 1. The molecule has 0 heterocycles. The van der Waals surface area contributed by atoms with Crippen molar-refractivity contribution in [3.8, 4) is 17.2 Å². The van der Waals surface area contributed by atoms with Crippen molar-refractivity contribution in [3.05, 3.63) is 54.1 Å². The first-order valence-corrected chi connectivity index (χ1v) is 8.32. The molecule has 2 rings (SSSR count). The molecule has 2 aromatic rings. The topological polar surface area (TPSA) is 61.8 Å². The zero-order valence-corrected chi connectivity index (χ0v) is 14.5. The first-order chi connectivity index (χ1) is 12.1. The second kappa shape index (κ2) is 9.47. The number of rotatable bonds is 9. The van der Waals surface area contributed by atoms with Crippen LogP contribution in [0.5, 0.6) is 17.2 Å². The molecule has 0 saturated carbocycles. The molecule has 0 aliphatic rings. The fourth-order valence-corrected chi connectivity index (χ4v) is 2.07. The zero-order chi connectivity index (χ0) is 18.1. The van der Waals surface area contributed by atoms with E-state index in [0.717, 1.165) is 12.2 Å². The maximum absolute atomic E-state index is 11.8. The van der Waals surface area contributed by atoms with Gasteiger partial charge in [0.1, 0.15) is 17.2 Å². The molecule has 25 heavy (non-hydrogen) atoms. The molecule has 0 unspecified atom stereocenters. The van der Waals surface area contributed by atoms with Gasteiger partial charge in [0, 0.05) is 12.0 Å². The molecule has 0 atom stereocenters. The van der Waals surface area contributed by atoms with Crippen LogP contribution in [-0.4, -0.2) is 25.0 Å². The Morgan fingerprint density at radius 3 is 1.92 bits per heavy atom. The normalized spacial score (nSPS) is 10.2. The van der Waals surface area contributed by atoms with Crippen LogP contribution in [0, 0.1) is 0 Å². The van der Waals surface area contributed by atoms with Gasteiger partial charge in [-0.3, -0.25) is 4.79 Å². The van der Waals surface area contributed by atoms with Crippen LogP contribution in [0.4, 0.5) is 0 Å². The van der Waals surface area contributed by atoms with Crippen LogP contribution in [0.3, 0.4) is 0 Å². The molecular formula is C20H22O5. The van der Waals surface area contributed by atoms with Gasteiger partial charge in [0.05, 0.1) is 6.61 Å². The Bertz CT molecular complexity index is 689. The molecule has 5 heteroatoms. The van der Waals surface area contributed by atoms with Gasteiger partial charge >= 0.3 is 5.97 Å². The number of carbonyl (C=O) groups is 2. The van der Waals surface area contributed by atoms with Crippen LogP contribution in [0.2, 0.25) is 0 Å². The lowest BCUT2D eigenvalue weighted by Crippen LogP contribution is -2.17. The Kier molecular flexibility index (Phi) is 7.01. The Morgan fingerprint density at radius 2 is 1.36 bits per heavy atom. The van der Waals surface area contributed by atoms with E-state index >= 15 is 0 Å². The van der Waals surface area contributed by atoms with Gasteiger partial charge in [0.2, 0.25) is 0 Å². The highest BCUT2D eigenvalue weighted by molar-refractivity contribution is 5.95. The quantitative estimate of drug-likeness (QED) is 0.391. The lowest BCUT2D eigenvalue weighted by Gasteiger charge is -2.08. The number of hydrogen-bond acceptors (Lipinski definition) is 5. The highest BCUT2D eigenvalue weighted by atomic mass is 16.6. The SMILES string of the molecule is CCCOc1ccc(OCC(=O)Oc2ccc(C(=O)CC)cc2)cc1. The van der Waals surface area contributed by atoms with Crippen LogP contribution in [0.1, 0.15) is 37.0 Å². The monoisotopic (exact) mass is 342 g/mol. The Hall–Kier alpha value is -2.82. The largest absolute Gasteiger partial charge is 0.494 e. The highest BCUT2D eigenvalue weighted by Crippen LogP contribution is 2.18. The molecule has 0 aliphatic heterocycles. The molecule has 132 valence electrons. The number of ketones is 1. The molecule has 0 fully saturated rings. The Balaban J connectivity index is 1.81. The van der Waals surface area contributed by atoms with E-state index in [0.29, 0.717) is 30.1 Å². The average Bonchev–Trinajstić information content (AvgIpc) is 2.65. The second-order valence-corrected chi connectivity index (χ2v) is 5.38. The molecular weight excluding hydrogens is 320 g/mol. The van der Waals surface area contributed by atoms with Crippen molar-refractivity contribution < 1.29 is 23.8 Å². The molecule has 5 nitrogen and oxygen atoms in total. The lowest BCUT2D eigenvalue weighted by atomic mass is 10.1. The van der Waals surface area contributed by atoms with Crippen molar-refractivity contribution >= 4 is 11.8 Å². The van der Waals surface area contributed by atoms with E-state index in [1.165, 1.54) is 0 Å². The summed E-state index contributed by atoms with van der Waals surface area (Å²) in [5, 5.41) is 0. The van der Waals surface area contributed by atoms with Crippen LogP contribution < -0.4 is 14.2 Å². The van der Waals surface area contributed by atoms with Gasteiger partial charge in [-0.1, -0.05) is 13.8 Å². The number of Topliss-reactive ketones (excluding diaryl/α,β-unsaturated/α-hetero) is 1. The van der Waals surface area contributed by atoms with Crippen molar-refractivity contribution in [2.45, 2.75) is 26.7 Å². The molecule has 0 radical (unpaired) electrons. The van der Waals surface area contributed by atoms with Crippen molar-refractivity contribution in [2.75, 3.05) is 13.2 Å². The summed E-state index contributed by atoms with van der Waals surface area (Å²) in [5.41, 5.74) is 0.601. The minimum Gasteiger partial charge on any atom is -0.494 e. The summed E-state index contributed by atoms with van der Waals surface area (Å²) >= 11 is 0. The molecule has 0 saturated heterocycles. The Labute approximate surface area is 147 Å². The van der Waals surface area contributed by atoms with Crippen LogP contribution >= 0.6 is 0 Å². The first-order valence-electron chi connectivity index (χ1n) is 8.32. The predicted molar refractivity (Wildman–Crippen MR) is 94.4 cm³/mol. The molecule has 0 aliphatic carbocycles. The third kappa shape index (κ3) is 5.95. The minimum atomic E-state index is -0.513. The van der Waals surface area contributed by atoms with Crippen molar-refractivity contribution in [3.63, 3.8) is 0 Å². The molecule has 0 N–H and O–H groups in total. The van der Waals surface area contributed by atoms with E-state index in [2.05, 4.69) is 0 Å². The van der Waals surface area contributed by atoms with Gasteiger partial charge in [-0.05, 0) is 55.0 Å². The zero-order valence-electron chi connectivity index (χ0n) is 14.5. The van der Waals surface area contributed by atoms with Crippen LogP contribution in [0.25, 0.3) is 0 Å². The number of ether oxygens (including phenoxy) is 3. The highest BCUT2D eigenvalue weighted by Gasteiger charge is 2.08. The Morgan fingerprint density at radius 1 is 0.800 bits per heavy atom. The molecule has 0 spiro atoms. The smallest absolute Gasteiger partial charge is 0.349 e. The van der Waals surface area contributed by atoms with Crippen LogP contribution in [0.15, 0.2) is 48.5 Å². The van der Waals surface area contributed by atoms with E-state index in [4.69, 9.17) is 14.2 Å². The van der Waals surface area contributed by atoms with Crippen molar-refractivity contribution in [1.82, 2.24) is 0 Å². The summed E-state index contributed by atoms with van der Waals surface area (Å²) < 4.78 is 16.1. The summed E-state index contributed by atoms with van der Waals surface area (Å²) in [4.78, 5) is 23.4. The molecule has 0 bridgehead atoms. The molecule has 0 aromatic heterocycles. The average molecular weight is 342 g/mol. The number of carbonyl (C=O) groups excluding carboxylic acids is 2. The summed E-state index contributed by atoms with van der Waals surface area (Å²) in [6, 6.07) is 13.5. The van der Waals surface area contributed by atoms with Gasteiger partial charge in [-0.25, -0.2) is 4.79 Å². The van der Waals surface area contributed by atoms with Gasteiger partial charge in [0.15, 0.2) is 12.4 Å². The number of hydrogen-bond donors (Lipinski definition) is 0. The lowest BCUT2D eigenvalue weighted by molar-refractivity contribution is -0.136. The van der Waals surface area contributed by atoms with Gasteiger partial charge in [-0.15, -0.1) is 0 Å². The molecule has 0 amide bonds. The van der Waals surface area contributed by atoms with E-state index in [1.54, 1.807) is 55.5 Å². The van der Waals surface area contributed by atoms with Crippen molar-refractivity contribution in [1.29, 1.82) is 0 Å². The van der Waals surface area contributed by atoms with Gasteiger partial charge < -0.3 is 14.2 Å². The standard InChI is InChI=1S/C20H22O5/c1-3-13-23-16-9-11-17(12-10-16)24-14-20(22)25-18-7-5-15(6-8-18)19(21)4-2/h5-12H,3-4,13-14H2,1-2H3. The summed E-state index contributed by atoms with van der Waals surface area (Å²) in [7, 11) is 0. The first kappa shape index (κ1) is 18.5. The van der Waals surface area contributed by atoms with E-state index < -0.39 is 5.97 Å². The van der Waals surface area contributed by atoms with E-state index in [9.17, 15) is 9.59 Å². The van der Waals surface area contributed by atoms with E-state index in [-0.39, 0.29) is 12.4 Å². The van der Waals surface area contributed by atoms with Gasteiger partial charge in [0.25, 0.3) is 0 Å². The third-order valence-corrected chi connectivity index (χ3v) is 3.38. The fourth-order valence-electron chi connectivity index (χ4n) is 2.07. The van der Waals surface area contributed by atoms with Crippen molar-refractivity contribution in [2.24, 2.45) is 0 Å². The summed E-state index contributed by atoms with van der Waals surface area (Å²) in [5.74, 6) is 1.24. The summed E-state index contributed by atoms with van der Waals surface area (Å²) in [6.07, 6.45) is 1.38. The van der Waals surface area contributed by atoms with Gasteiger partial charge in [-0.2, -0.15) is 0 Å². The van der Waals surface area contributed by atoms with E-state index in [1.807, 2.05) is 6.92 Å². The maximum Gasteiger partial charge on any atom is 0.349 e. The minimum absolute atomic E-state index is 0.0487. The van der Waals surface area contributed by atoms with Crippen LogP contribution in [-0.2, 0) is 4.79 Å². The second-order valence-electron chi connectivity index (χ2n) is 5.38. The maximum atomic E-state index is 11.8.